The number of hydrogen-bond donors (Lipinski definition) is 2. The van der Waals surface area contributed by atoms with Gasteiger partial charge in [0, 0.05) is 5.69 Å². The fourth-order valence-electron chi connectivity index (χ4n) is 2.25. The zero-order valence-corrected chi connectivity index (χ0v) is 17.1. The molecular formula is C21H27N3O2S. The number of aryl methyl sites for hydroxylation is 1. The number of nitrogens with zero attached hydrogens (tertiary/aromatic N) is 1. The van der Waals surface area contributed by atoms with Gasteiger partial charge in [-0.05, 0) is 67.4 Å². The molecule has 0 amide bonds. The van der Waals surface area contributed by atoms with Crippen LogP contribution in [0, 0.1) is 12.8 Å². The van der Waals surface area contributed by atoms with Crippen LogP contribution in [0.1, 0.15) is 31.4 Å². The van der Waals surface area contributed by atoms with E-state index in [1.165, 1.54) is 5.56 Å². The molecule has 0 aliphatic carbocycles. The molecule has 0 radical (unpaired) electrons. The summed E-state index contributed by atoms with van der Waals surface area (Å²) in [5.74, 6) is 2.02. The van der Waals surface area contributed by atoms with E-state index >= 15 is 0 Å². The molecule has 5 nitrogen and oxygen atoms in total. The van der Waals surface area contributed by atoms with E-state index in [1.807, 2.05) is 49.4 Å². The highest BCUT2D eigenvalue weighted by molar-refractivity contribution is 7.80. The summed E-state index contributed by atoms with van der Waals surface area (Å²) in [5.41, 5.74) is 5.81. The van der Waals surface area contributed by atoms with Gasteiger partial charge >= 0.3 is 0 Å². The van der Waals surface area contributed by atoms with Crippen LogP contribution >= 0.6 is 12.2 Å². The largest absolute Gasteiger partial charge is 0.493 e. The van der Waals surface area contributed by atoms with Gasteiger partial charge in [0.2, 0.25) is 0 Å². The van der Waals surface area contributed by atoms with E-state index in [1.54, 1.807) is 13.3 Å². The number of thiocarbonyl (C=S) groups is 1. The molecule has 0 spiro atoms. The van der Waals surface area contributed by atoms with Gasteiger partial charge in [0.25, 0.3) is 0 Å². The Morgan fingerprint density at radius 3 is 2.56 bits per heavy atom. The summed E-state index contributed by atoms with van der Waals surface area (Å²) in [6.07, 6.45) is 2.69. The lowest BCUT2D eigenvalue weighted by atomic mass is 10.1. The standard InChI is InChI=1S/C21H27N3O2S/c1-15(2)11-12-26-19-10-7-17(13-20(19)25-4)14-22-24-21(27)23-18-8-5-16(3)6-9-18/h5-10,13-15H,11-12H2,1-4H3,(H2,23,24,27)/b22-14-. The van der Waals surface area contributed by atoms with Crippen molar-refractivity contribution in [2.24, 2.45) is 11.0 Å². The van der Waals surface area contributed by atoms with Crippen LogP contribution in [0.5, 0.6) is 11.5 Å². The van der Waals surface area contributed by atoms with Gasteiger partial charge in [0.1, 0.15) is 0 Å². The van der Waals surface area contributed by atoms with Crippen molar-refractivity contribution in [3.8, 4) is 11.5 Å². The Morgan fingerprint density at radius 2 is 1.89 bits per heavy atom. The lowest BCUT2D eigenvalue weighted by Gasteiger charge is -2.12. The summed E-state index contributed by atoms with van der Waals surface area (Å²) in [6.45, 7) is 7.05. The molecule has 0 unspecified atom stereocenters. The van der Waals surface area contributed by atoms with Gasteiger partial charge in [-0.15, -0.1) is 0 Å². The first kappa shape index (κ1) is 20.7. The van der Waals surface area contributed by atoms with E-state index in [4.69, 9.17) is 21.7 Å². The Bertz CT molecular complexity index is 773. The Hall–Kier alpha value is -2.60. The molecule has 2 N–H and O–H groups in total. The van der Waals surface area contributed by atoms with Crippen LogP contribution in [-0.4, -0.2) is 25.0 Å². The molecule has 2 aromatic rings. The Labute approximate surface area is 166 Å². The molecule has 2 aromatic carbocycles. The first-order valence-corrected chi connectivity index (χ1v) is 9.36. The summed E-state index contributed by atoms with van der Waals surface area (Å²) in [7, 11) is 1.63. The van der Waals surface area contributed by atoms with E-state index in [9.17, 15) is 0 Å². The minimum Gasteiger partial charge on any atom is -0.493 e. The van der Waals surface area contributed by atoms with E-state index in [0.717, 1.165) is 23.4 Å². The average molecular weight is 386 g/mol. The van der Waals surface area contributed by atoms with E-state index in [-0.39, 0.29) is 0 Å². The zero-order valence-electron chi connectivity index (χ0n) is 16.3. The maximum absolute atomic E-state index is 5.80. The summed E-state index contributed by atoms with van der Waals surface area (Å²) in [6, 6.07) is 13.7. The minimum absolute atomic E-state index is 0.427. The normalized spacial score (nSPS) is 10.9. The number of ether oxygens (including phenoxy) is 2. The van der Waals surface area contributed by atoms with E-state index in [2.05, 4.69) is 29.7 Å². The van der Waals surface area contributed by atoms with Crippen molar-refractivity contribution in [2.75, 3.05) is 19.0 Å². The van der Waals surface area contributed by atoms with Crippen LogP contribution in [0.3, 0.4) is 0 Å². The predicted octanol–water partition coefficient (Wildman–Crippen LogP) is 4.75. The average Bonchev–Trinajstić information content (AvgIpc) is 2.64. The van der Waals surface area contributed by atoms with Gasteiger partial charge in [0.05, 0.1) is 19.9 Å². The number of rotatable bonds is 8. The molecule has 0 aliphatic rings. The number of benzene rings is 2. The van der Waals surface area contributed by atoms with Crippen molar-refractivity contribution in [2.45, 2.75) is 27.2 Å². The lowest BCUT2D eigenvalue weighted by molar-refractivity contribution is 0.273. The maximum atomic E-state index is 5.80. The highest BCUT2D eigenvalue weighted by atomic mass is 32.1. The first-order valence-electron chi connectivity index (χ1n) is 8.95. The molecule has 0 bridgehead atoms. The van der Waals surface area contributed by atoms with Crippen molar-refractivity contribution >= 4 is 29.2 Å². The number of methoxy groups -OCH3 is 1. The molecular weight excluding hydrogens is 358 g/mol. The fraction of sp³-hybridized carbons (Fsp3) is 0.333. The second kappa shape index (κ2) is 10.5. The summed E-state index contributed by atoms with van der Waals surface area (Å²) in [4.78, 5) is 0. The molecule has 0 saturated heterocycles. The molecule has 144 valence electrons. The van der Waals surface area contributed by atoms with Crippen molar-refractivity contribution < 1.29 is 9.47 Å². The molecule has 2 rings (SSSR count). The second-order valence-electron chi connectivity index (χ2n) is 6.63. The van der Waals surface area contributed by atoms with Gasteiger partial charge in [-0.2, -0.15) is 5.10 Å². The molecule has 27 heavy (non-hydrogen) atoms. The maximum Gasteiger partial charge on any atom is 0.191 e. The van der Waals surface area contributed by atoms with Crippen molar-refractivity contribution in [3.63, 3.8) is 0 Å². The second-order valence-corrected chi connectivity index (χ2v) is 7.04. The van der Waals surface area contributed by atoms with E-state index in [0.29, 0.717) is 23.4 Å². The SMILES string of the molecule is COc1cc(/C=N\NC(=S)Nc2ccc(C)cc2)ccc1OCCC(C)C. The molecule has 0 fully saturated rings. The van der Waals surface area contributed by atoms with Gasteiger partial charge in [-0.3, -0.25) is 5.43 Å². The molecule has 6 heteroatoms. The number of hydrogen-bond acceptors (Lipinski definition) is 4. The summed E-state index contributed by atoms with van der Waals surface area (Å²) in [5, 5.41) is 7.68. The van der Waals surface area contributed by atoms with E-state index < -0.39 is 0 Å². The van der Waals surface area contributed by atoms with Crippen LogP contribution in [0.25, 0.3) is 0 Å². The smallest absolute Gasteiger partial charge is 0.191 e. The van der Waals surface area contributed by atoms with Gasteiger partial charge in [-0.1, -0.05) is 31.5 Å². The quantitative estimate of drug-likeness (QED) is 0.390. The predicted molar refractivity (Wildman–Crippen MR) is 116 cm³/mol. The van der Waals surface area contributed by atoms with Gasteiger partial charge < -0.3 is 14.8 Å². The molecule has 0 aromatic heterocycles. The van der Waals surface area contributed by atoms with Crippen LogP contribution in [0.15, 0.2) is 47.6 Å². The van der Waals surface area contributed by atoms with Crippen molar-refractivity contribution in [1.29, 1.82) is 0 Å². The third kappa shape index (κ3) is 7.27. The number of anilines is 1. The lowest BCUT2D eigenvalue weighted by Crippen LogP contribution is -2.23. The number of nitrogens with one attached hydrogen (secondary N) is 2. The summed E-state index contributed by atoms with van der Waals surface area (Å²) >= 11 is 5.24. The van der Waals surface area contributed by atoms with Crippen LogP contribution in [0.2, 0.25) is 0 Å². The van der Waals surface area contributed by atoms with Crippen molar-refractivity contribution in [1.82, 2.24) is 5.43 Å². The highest BCUT2D eigenvalue weighted by Crippen LogP contribution is 2.27. The Kier molecular flexibility index (Phi) is 8.07. The van der Waals surface area contributed by atoms with Crippen LogP contribution in [-0.2, 0) is 0 Å². The first-order chi connectivity index (χ1) is 13.0. The molecule has 0 saturated carbocycles. The third-order valence-corrected chi connectivity index (χ3v) is 4.02. The van der Waals surface area contributed by atoms with Crippen molar-refractivity contribution in [3.05, 3.63) is 53.6 Å². The Balaban J connectivity index is 1.89. The third-order valence-electron chi connectivity index (χ3n) is 3.83. The molecule has 0 heterocycles. The monoisotopic (exact) mass is 385 g/mol. The van der Waals surface area contributed by atoms with Crippen LogP contribution in [0.4, 0.5) is 5.69 Å². The van der Waals surface area contributed by atoms with Gasteiger partial charge in [0.15, 0.2) is 16.6 Å². The fourth-order valence-corrected chi connectivity index (χ4v) is 2.42. The zero-order chi connectivity index (χ0) is 19.6. The summed E-state index contributed by atoms with van der Waals surface area (Å²) < 4.78 is 11.2. The molecule has 0 aliphatic heterocycles. The highest BCUT2D eigenvalue weighted by Gasteiger charge is 2.06. The minimum atomic E-state index is 0.427. The van der Waals surface area contributed by atoms with Crippen LogP contribution < -0.4 is 20.2 Å². The topological polar surface area (TPSA) is 54.9 Å². The molecule has 0 atom stereocenters. The number of hydrazone groups is 1. The van der Waals surface area contributed by atoms with Gasteiger partial charge in [-0.25, -0.2) is 0 Å². The Morgan fingerprint density at radius 1 is 1.15 bits per heavy atom.